The number of amides is 3. The van der Waals surface area contributed by atoms with Crippen LogP contribution in [0.2, 0.25) is 0 Å². The number of aromatic nitrogens is 1. The average Bonchev–Trinajstić information content (AvgIpc) is 3.21. The van der Waals surface area contributed by atoms with Gasteiger partial charge in [-0.15, -0.1) is 11.3 Å². The molecule has 0 unspecified atom stereocenters. The number of anilines is 1. The van der Waals surface area contributed by atoms with Gasteiger partial charge in [0.25, 0.3) is 5.91 Å². The van der Waals surface area contributed by atoms with Gasteiger partial charge in [-0.1, -0.05) is 30.3 Å². The molecule has 1 heterocycles. The van der Waals surface area contributed by atoms with Crippen LogP contribution in [0, 0.1) is 5.82 Å². The van der Waals surface area contributed by atoms with Gasteiger partial charge in [0.15, 0.2) is 0 Å². The zero-order valence-electron chi connectivity index (χ0n) is 16.8. The maximum Gasteiger partial charge on any atom is 0.322 e. The lowest BCUT2D eigenvalue weighted by molar-refractivity contribution is 0.0946. The molecule has 0 saturated heterocycles. The summed E-state index contributed by atoms with van der Waals surface area (Å²) in [6.07, 6.45) is 0. The van der Waals surface area contributed by atoms with Gasteiger partial charge >= 0.3 is 6.03 Å². The van der Waals surface area contributed by atoms with Crippen molar-refractivity contribution in [3.05, 3.63) is 82.1 Å². The first-order valence-electron chi connectivity index (χ1n) is 9.52. The molecule has 3 rings (SSSR count). The molecular weight excluding hydrogens is 403 g/mol. The second kappa shape index (κ2) is 9.98. The number of nitrogens with zero attached hydrogens (tertiary/aromatic N) is 2. The number of thiazole rings is 1. The number of carbonyl (C=O) groups excluding carboxylic acids is 2. The molecule has 0 aliphatic heterocycles. The number of hydrogen-bond acceptors (Lipinski definition) is 4. The van der Waals surface area contributed by atoms with Crippen LogP contribution >= 0.6 is 11.3 Å². The maximum atomic E-state index is 13.0. The van der Waals surface area contributed by atoms with Crippen LogP contribution in [0.15, 0.2) is 60.0 Å². The highest BCUT2D eigenvalue weighted by Gasteiger charge is 2.20. The zero-order valence-corrected chi connectivity index (χ0v) is 17.6. The highest BCUT2D eigenvalue weighted by molar-refractivity contribution is 7.09. The van der Waals surface area contributed by atoms with Crippen molar-refractivity contribution in [2.75, 3.05) is 5.32 Å². The number of rotatable bonds is 7. The van der Waals surface area contributed by atoms with Gasteiger partial charge in [-0.25, -0.2) is 14.2 Å². The van der Waals surface area contributed by atoms with Crippen molar-refractivity contribution in [3.63, 3.8) is 0 Å². The van der Waals surface area contributed by atoms with Crippen molar-refractivity contribution in [1.29, 1.82) is 0 Å². The summed E-state index contributed by atoms with van der Waals surface area (Å²) in [6.45, 7) is 4.43. The number of halogens is 1. The normalized spacial score (nSPS) is 10.7. The Kier molecular flexibility index (Phi) is 7.13. The van der Waals surface area contributed by atoms with Crippen LogP contribution in [0.4, 0.5) is 14.9 Å². The molecule has 156 valence electrons. The summed E-state index contributed by atoms with van der Waals surface area (Å²) in [5, 5.41) is 7.98. The summed E-state index contributed by atoms with van der Waals surface area (Å²) in [7, 11) is 0. The first-order valence-corrected chi connectivity index (χ1v) is 10.4. The van der Waals surface area contributed by atoms with E-state index in [0.717, 1.165) is 5.56 Å². The zero-order chi connectivity index (χ0) is 21.5. The van der Waals surface area contributed by atoms with Gasteiger partial charge in [0.2, 0.25) is 0 Å². The average molecular weight is 427 g/mol. The van der Waals surface area contributed by atoms with Gasteiger partial charge in [-0.3, -0.25) is 4.79 Å². The first-order chi connectivity index (χ1) is 14.4. The number of urea groups is 1. The van der Waals surface area contributed by atoms with Gasteiger partial charge in [0, 0.05) is 23.7 Å². The predicted octanol–water partition coefficient (Wildman–Crippen LogP) is 4.65. The van der Waals surface area contributed by atoms with E-state index in [1.807, 2.05) is 44.2 Å². The molecule has 0 aliphatic rings. The van der Waals surface area contributed by atoms with E-state index in [1.165, 1.54) is 23.5 Å². The molecule has 0 fully saturated rings. The standard InChI is InChI=1S/C22H23FN4O2S/c1-15(2)27(22(29)25-18-6-4-3-5-7-18)13-20-26-19(14-30-20)21(28)24-12-16-8-10-17(23)11-9-16/h3-11,14-15H,12-13H2,1-2H3,(H,24,28)(H,25,29). The Hall–Kier alpha value is -3.26. The quantitative estimate of drug-likeness (QED) is 0.577. The molecule has 0 saturated carbocycles. The van der Waals surface area contributed by atoms with Crippen molar-refractivity contribution in [1.82, 2.24) is 15.2 Å². The largest absolute Gasteiger partial charge is 0.347 e. The molecule has 6 nitrogen and oxygen atoms in total. The van der Waals surface area contributed by atoms with Crippen molar-refractivity contribution >= 4 is 29.0 Å². The lowest BCUT2D eigenvalue weighted by Gasteiger charge is -2.26. The number of nitrogens with one attached hydrogen (secondary N) is 2. The van der Waals surface area contributed by atoms with Crippen molar-refractivity contribution in [3.8, 4) is 0 Å². The minimum atomic E-state index is -0.319. The highest BCUT2D eigenvalue weighted by Crippen LogP contribution is 2.16. The fourth-order valence-corrected chi connectivity index (χ4v) is 3.49. The molecular formula is C22H23FN4O2S. The van der Waals surface area contributed by atoms with E-state index in [4.69, 9.17) is 0 Å². The molecule has 30 heavy (non-hydrogen) atoms. The Balaban J connectivity index is 1.59. The summed E-state index contributed by atoms with van der Waals surface area (Å²) in [6, 6.07) is 14.9. The molecule has 0 aliphatic carbocycles. The van der Waals surface area contributed by atoms with E-state index in [-0.39, 0.29) is 30.3 Å². The smallest absolute Gasteiger partial charge is 0.322 e. The van der Waals surface area contributed by atoms with E-state index < -0.39 is 0 Å². The topological polar surface area (TPSA) is 74.3 Å². The van der Waals surface area contributed by atoms with E-state index in [1.54, 1.807) is 22.4 Å². The van der Waals surface area contributed by atoms with Crippen LogP contribution in [0.1, 0.15) is 34.9 Å². The van der Waals surface area contributed by atoms with E-state index in [2.05, 4.69) is 15.6 Å². The minimum Gasteiger partial charge on any atom is -0.347 e. The Labute approximate surface area is 178 Å². The monoisotopic (exact) mass is 426 g/mol. The Morgan fingerprint density at radius 3 is 2.47 bits per heavy atom. The first kappa shape index (κ1) is 21.4. The molecule has 2 aromatic carbocycles. The fourth-order valence-electron chi connectivity index (χ4n) is 2.71. The van der Waals surface area contributed by atoms with Crippen LogP contribution in [0.25, 0.3) is 0 Å². The second-order valence-corrected chi connectivity index (χ2v) is 7.90. The van der Waals surface area contributed by atoms with E-state index >= 15 is 0 Å². The van der Waals surface area contributed by atoms with E-state index in [0.29, 0.717) is 22.9 Å². The molecule has 3 amide bonds. The highest BCUT2D eigenvalue weighted by atomic mass is 32.1. The van der Waals surface area contributed by atoms with Crippen molar-refractivity contribution in [2.24, 2.45) is 0 Å². The van der Waals surface area contributed by atoms with Crippen LogP contribution in [0.3, 0.4) is 0 Å². The van der Waals surface area contributed by atoms with Gasteiger partial charge in [-0.05, 0) is 43.7 Å². The molecule has 0 atom stereocenters. The number of carbonyl (C=O) groups is 2. The van der Waals surface area contributed by atoms with Gasteiger partial charge in [-0.2, -0.15) is 0 Å². The third-order valence-corrected chi connectivity index (χ3v) is 5.20. The van der Waals surface area contributed by atoms with Crippen LogP contribution in [0.5, 0.6) is 0 Å². The third kappa shape index (κ3) is 5.87. The van der Waals surface area contributed by atoms with Gasteiger partial charge in [0.1, 0.15) is 16.5 Å². The number of para-hydroxylation sites is 1. The molecule has 1 aromatic heterocycles. The van der Waals surface area contributed by atoms with Gasteiger partial charge < -0.3 is 15.5 Å². The molecule has 0 radical (unpaired) electrons. The molecule has 0 spiro atoms. The Morgan fingerprint density at radius 2 is 1.80 bits per heavy atom. The minimum absolute atomic E-state index is 0.0478. The summed E-state index contributed by atoms with van der Waals surface area (Å²) in [5.74, 6) is -0.633. The SMILES string of the molecule is CC(C)N(Cc1nc(C(=O)NCc2ccc(F)cc2)cs1)C(=O)Nc1ccccc1. The lowest BCUT2D eigenvalue weighted by atomic mass is 10.2. The van der Waals surface area contributed by atoms with Crippen molar-refractivity contribution < 1.29 is 14.0 Å². The second-order valence-electron chi connectivity index (χ2n) is 6.95. The summed E-state index contributed by atoms with van der Waals surface area (Å²) in [5.41, 5.74) is 1.81. The molecule has 0 bridgehead atoms. The number of benzene rings is 2. The third-order valence-electron chi connectivity index (χ3n) is 4.37. The summed E-state index contributed by atoms with van der Waals surface area (Å²) < 4.78 is 13.0. The Bertz CT molecular complexity index is 990. The van der Waals surface area contributed by atoms with Crippen molar-refractivity contribution in [2.45, 2.75) is 33.0 Å². The number of hydrogen-bond donors (Lipinski definition) is 2. The predicted molar refractivity (Wildman–Crippen MR) is 116 cm³/mol. The molecule has 8 heteroatoms. The van der Waals surface area contributed by atoms with Crippen LogP contribution in [-0.2, 0) is 13.1 Å². The Morgan fingerprint density at radius 1 is 1.10 bits per heavy atom. The summed E-state index contributed by atoms with van der Waals surface area (Å²) >= 11 is 1.33. The molecule has 2 N–H and O–H groups in total. The van der Waals surface area contributed by atoms with Crippen LogP contribution < -0.4 is 10.6 Å². The summed E-state index contributed by atoms with van der Waals surface area (Å²) in [4.78, 5) is 31.1. The maximum absolute atomic E-state index is 13.0. The van der Waals surface area contributed by atoms with Crippen LogP contribution in [-0.4, -0.2) is 27.9 Å². The fraction of sp³-hybridized carbons (Fsp3) is 0.227. The van der Waals surface area contributed by atoms with Gasteiger partial charge in [0.05, 0.1) is 6.54 Å². The lowest BCUT2D eigenvalue weighted by Crippen LogP contribution is -2.39. The van der Waals surface area contributed by atoms with E-state index in [9.17, 15) is 14.0 Å². The molecule has 3 aromatic rings.